The second-order valence-electron chi connectivity index (χ2n) is 6.44. The van der Waals surface area contributed by atoms with Crippen LogP contribution in [0.4, 0.5) is 0 Å². The number of aryl methyl sites for hydroxylation is 3. The molecular weight excluding hydrogens is 298 g/mol. The molecule has 118 valence electrons. The molecule has 0 saturated heterocycles. The molecule has 0 fully saturated rings. The van der Waals surface area contributed by atoms with Gasteiger partial charge in [-0.2, -0.15) is 0 Å². The number of carbonyl (C=O) groups excluding carboxylic acids is 1. The number of amides is 1. The summed E-state index contributed by atoms with van der Waals surface area (Å²) >= 11 is 0. The molecule has 1 amide bonds. The molecule has 1 aliphatic carbocycles. The first-order chi connectivity index (χ1) is 10.3. The third kappa shape index (κ3) is 3.09. The van der Waals surface area contributed by atoms with Gasteiger partial charge in [-0.05, 0) is 43.4 Å². The second kappa shape index (κ2) is 5.54. The fourth-order valence-electron chi connectivity index (χ4n) is 3.62. The number of carbonyl (C=O) groups is 1. The lowest BCUT2D eigenvalue weighted by molar-refractivity contribution is -0.122. The highest BCUT2D eigenvalue weighted by Crippen LogP contribution is 2.34. The van der Waals surface area contributed by atoms with Gasteiger partial charge in [0, 0.05) is 17.7 Å². The molecule has 1 aliphatic heterocycles. The highest BCUT2D eigenvalue weighted by atomic mass is 32.2. The monoisotopic (exact) mass is 319 g/mol. The van der Waals surface area contributed by atoms with Crippen LogP contribution in [-0.4, -0.2) is 20.1 Å². The third-order valence-electron chi connectivity index (χ3n) is 4.45. The summed E-state index contributed by atoms with van der Waals surface area (Å²) in [6.45, 7) is 4.18. The smallest absolute Gasteiger partial charge is 0.221 e. The van der Waals surface area contributed by atoms with Crippen LogP contribution >= 0.6 is 0 Å². The van der Waals surface area contributed by atoms with E-state index in [9.17, 15) is 13.2 Å². The zero-order chi connectivity index (χ0) is 15.9. The highest BCUT2D eigenvalue weighted by molar-refractivity contribution is 7.94. The Morgan fingerprint density at radius 1 is 1.32 bits per heavy atom. The van der Waals surface area contributed by atoms with Crippen molar-refractivity contribution in [3.63, 3.8) is 0 Å². The van der Waals surface area contributed by atoms with Gasteiger partial charge in [-0.25, -0.2) is 8.42 Å². The van der Waals surface area contributed by atoms with E-state index >= 15 is 0 Å². The minimum atomic E-state index is -3.09. The molecule has 0 radical (unpaired) electrons. The minimum Gasteiger partial charge on any atom is -0.349 e. The fraction of sp³-hybridized carbons (Fsp3) is 0.471. The molecule has 1 heterocycles. The summed E-state index contributed by atoms with van der Waals surface area (Å²) in [6, 6.07) is 4.40. The van der Waals surface area contributed by atoms with Crippen LogP contribution in [0, 0.1) is 19.8 Å². The standard InChI is InChI=1S/C17H21NO3S/c1-11-7-12(2)17-14(8-11)3-4-15(17)18-16(19)9-13-5-6-22(20,21)10-13/h5-8,13,15H,3-4,9-10H2,1-2H3,(H,18,19). The minimum absolute atomic E-state index is 0.0555. The first-order valence-electron chi connectivity index (χ1n) is 7.64. The molecule has 1 N–H and O–H groups in total. The molecule has 0 spiro atoms. The molecule has 0 bridgehead atoms. The van der Waals surface area contributed by atoms with Crippen LogP contribution in [0.5, 0.6) is 0 Å². The number of sulfone groups is 1. The SMILES string of the molecule is Cc1cc(C)c2c(c1)CCC2NC(=O)CC1C=CS(=O)(=O)C1. The first kappa shape index (κ1) is 15.3. The maximum absolute atomic E-state index is 12.2. The van der Waals surface area contributed by atoms with Gasteiger partial charge < -0.3 is 5.32 Å². The average molecular weight is 319 g/mol. The van der Waals surface area contributed by atoms with Crippen LogP contribution in [0.25, 0.3) is 0 Å². The number of benzene rings is 1. The molecule has 0 aromatic heterocycles. The zero-order valence-electron chi connectivity index (χ0n) is 12.9. The number of hydrogen-bond acceptors (Lipinski definition) is 3. The Balaban J connectivity index is 1.66. The molecule has 2 atom stereocenters. The topological polar surface area (TPSA) is 63.2 Å². The Hall–Kier alpha value is -1.62. The Bertz CT molecular complexity index is 749. The van der Waals surface area contributed by atoms with Gasteiger partial charge in [0.15, 0.2) is 9.84 Å². The van der Waals surface area contributed by atoms with E-state index in [1.807, 2.05) is 0 Å². The molecule has 1 aromatic rings. The van der Waals surface area contributed by atoms with E-state index in [0.29, 0.717) is 0 Å². The summed E-state index contributed by atoms with van der Waals surface area (Å²) < 4.78 is 22.8. The van der Waals surface area contributed by atoms with E-state index < -0.39 is 9.84 Å². The normalized spacial score (nSPS) is 25.2. The van der Waals surface area contributed by atoms with Crippen molar-refractivity contribution in [2.75, 3.05) is 5.75 Å². The lowest BCUT2D eigenvalue weighted by Gasteiger charge is -2.17. The quantitative estimate of drug-likeness (QED) is 0.930. The van der Waals surface area contributed by atoms with Crippen LogP contribution < -0.4 is 5.32 Å². The van der Waals surface area contributed by atoms with Crippen molar-refractivity contribution in [1.82, 2.24) is 5.32 Å². The Kier molecular flexibility index (Phi) is 3.85. The van der Waals surface area contributed by atoms with Crippen molar-refractivity contribution in [3.05, 3.63) is 45.9 Å². The van der Waals surface area contributed by atoms with Gasteiger partial charge in [-0.3, -0.25) is 4.79 Å². The van der Waals surface area contributed by atoms with E-state index in [4.69, 9.17) is 0 Å². The zero-order valence-corrected chi connectivity index (χ0v) is 13.7. The van der Waals surface area contributed by atoms with Crippen molar-refractivity contribution in [1.29, 1.82) is 0 Å². The lowest BCUT2D eigenvalue weighted by Crippen LogP contribution is -2.29. The van der Waals surface area contributed by atoms with Gasteiger partial charge >= 0.3 is 0 Å². The summed E-state index contributed by atoms with van der Waals surface area (Å²) in [7, 11) is -3.09. The number of nitrogens with one attached hydrogen (secondary N) is 1. The van der Waals surface area contributed by atoms with Crippen molar-refractivity contribution < 1.29 is 13.2 Å². The van der Waals surface area contributed by atoms with E-state index in [1.165, 1.54) is 27.7 Å². The van der Waals surface area contributed by atoms with Crippen molar-refractivity contribution in [3.8, 4) is 0 Å². The van der Waals surface area contributed by atoms with Crippen LogP contribution in [-0.2, 0) is 21.1 Å². The molecule has 0 saturated carbocycles. The van der Waals surface area contributed by atoms with E-state index in [1.54, 1.807) is 6.08 Å². The Labute approximate surface area is 131 Å². The first-order valence-corrected chi connectivity index (χ1v) is 9.36. The average Bonchev–Trinajstić information content (AvgIpc) is 2.93. The molecule has 3 rings (SSSR count). The largest absolute Gasteiger partial charge is 0.349 e. The van der Waals surface area contributed by atoms with Crippen LogP contribution in [0.3, 0.4) is 0 Å². The van der Waals surface area contributed by atoms with E-state index in [0.717, 1.165) is 12.8 Å². The molecule has 1 aromatic carbocycles. The maximum Gasteiger partial charge on any atom is 0.221 e. The molecule has 4 nitrogen and oxygen atoms in total. The number of fused-ring (bicyclic) bond motifs is 1. The molecule has 5 heteroatoms. The van der Waals surface area contributed by atoms with Crippen molar-refractivity contribution in [2.45, 2.75) is 39.2 Å². The summed E-state index contributed by atoms with van der Waals surface area (Å²) in [5.74, 6) is -0.200. The maximum atomic E-state index is 12.2. The number of hydrogen-bond donors (Lipinski definition) is 1. The number of rotatable bonds is 3. The van der Waals surface area contributed by atoms with Crippen molar-refractivity contribution in [2.24, 2.45) is 5.92 Å². The fourth-order valence-corrected chi connectivity index (χ4v) is 5.02. The summed E-state index contributed by atoms with van der Waals surface area (Å²) in [6.07, 6.45) is 3.78. The Morgan fingerprint density at radius 2 is 2.09 bits per heavy atom. The van der Waals surface area contributed by atoms with Crippen LogP contribution in [0.2, 0.25) is 0 Å². The predicted octanol–water partition coefficient (Wildman–Crippen LogP) is 2.36. The van der Waals surface area contributed by atoms with Crippen LogP contribution in [0.15, 0.2) is 23.6 Å². The molecule has 2 unspecified atom stereocenters. The lowest BCUT2D eigenvalue weighted by atomic mass is 9.99. The highest BCUT2D eigenvalue weighted by Gasteiger charge is 2.28. The van der Waals surface area contributed by atoms with Crippen LogP contribution in [0.1, 0.15) is 41.1 Å². The summed E-state index contributed by atoms with van der Waals surface area (Å²) in [4.78, 5) is 12.2. The van der Waals surface area contributed by atoms with Gasteiger partial charge in [0.25, 0.3) is 0 Å². The Morgan fingerprint density at radius 3 is 2.77 bits per heavy atom. The summed E-state index contributed by atoms with van der Waals surface area (Å²) in [5.41, 5.74) is 5.05. The molecule has 22 heavy (non-hydrogen) atoms. The van der Waals surface area contributed by atoms with Crippen molar-refractivity contribution >= 4 is 15.7 Å². The molecular formula is C17H21NO3S. The van der Waals surface area contributed by atoms with Gasteiger partial charge in [-0.1, -0.05) is 23.8 Å². The van der Waals surface area contributed by atoms with Gasteiger partial charge in [0.05, 0.1) is 11.8 Å². The van der Waals surface area contributed by atoms with E-state index in [-0.39, 0.29) is 30.0 Å². The predicted molar refractivity (Wildman–Crippen MR) is 86.2 cm³/mol. The number of allylic oxidation sites excluding steroid dienone is 1. The second-order valence-corrected chi connectivity index (χ2v) is 8.37. The van der Waals surface area contributed by atoms with Gasteiger partial charge in [0.1, 0.15) is 0 Å². The van der Waals surface area contributed by atoms with E-state index in [2.05, 4.69) is 31.3 Å². The molecule has 2 aliphatic rings. The summed E-state index contributed by atoms with van der Waals surface area (Å²) in [5, 5.41) is 4.31. The third-order valence-corrected chi connectivity index (χ3v) is 5.92. The van der Waals surface area contributed by atoms with Gasteiger partial charge in [0.2, 0.25) is 5.91 Å². The van der Waals surface area contributed by atoms with Gasteiger partial charge in [-0.15, -0.1) is 0 Å².